The topological polar surface area (TPSA) is 9.23 Å². The molecular formula is C7H6BCuO. The minimum absolute atomic E-state index is 0. The third-order valence-electron chi connectivity index (χ3n) is 1.00. The van der Waals surface area contributed by atoms with Gasteiger partial charge in [0.15, 0.2) is 0 Å². The van der Waals surface area contributed by atoms with Crippen molar-refractivity contribution < 1.29 is 21.7 Å². The molecule has 0 aliphatic rings. The second-order valence-corrected chi connectivity index (χ2v) is 1.66. The van der Waals surface area contributed by atoms with Gasteiger partial charge in [0.1, 0.15) is 0 Å². The van der Waals surface area contributed by atoms with Crippen molar-refractivity contribution in [3.8, 4) is 0 Å². The Morgan fingerprint density at radius 3 is 2.30 bits per heavy atom. The van der Waals surface area contributed by atoms with Gasteiger partial charge in [-0.3, -0.25) is 0 Å². The Morgan fingerprint density at radius 2 is 1.80 bits per heavy atom. The molecule has 1 rings (SSSR count). The fourth-order valence-electron chi connectivity index (χ4n) is 0.610. The number of benzene rings is 1. The van der Waals surface area contributed by atoms with Gasteiger partial charge in [0.05, 0.1) is 0 Å². The van der Waals surface area contributed by atoms with Crippen molar-refractivity contribution in [1.29, 1.82) is 0 Å². The number of hydrogen-bond acceptors (Lipinski definition) is 1. The fraction of sp³-hybridized carbons (Fsp3) is 0. The summed E-state index contributed by atoms with van der Waals surface area (Å²) in [5.41, 5.74) is 0.972. The van der Waals surface area contributed by atoms with Gasteiger partial charge in [-0.15, -0.1) is 12.1 Å². The molecule has 0 aromatic heterocycles. The average Bonchev–Trinajstić information content (AvgIpc) is 1.91. The van der Waals surface area contributed by atoms with E-state index in [1.165, 1.54) is 6.61 Å². The molecule has 0 bridgehead atoms. The summed E-state index contributed by atoms with van der Waals surface area (Å²) in [6, 6.07) is 9.60. The summed E-state index contributed by atoms with van der Waals surface area (Å²) >= 11 is 0. The fourth-order valence-corrected chi connectivity index (χ4v) is 0.610. The van der Waals surface area contributed by atoms with Crippen LogP contribution in [0.15, 0.2) is 30.3 Å². The Hall–Kier alpha value is -0.366. The maximum Gasteiger partial charge on any atom is 1.00 e. The van der Waals surface area contributed by atoms with Crippen LogP contribution in [0.3, 0.4) is 0 Å². The van der Waals surface area contributed by atoms with E-state index in [9.17, 15) is 0 Å². The van der Waals surface area contributed by atoms with E-state index >= 15 is 0 Å². The molecule has 1 aromatic carbocycles. The molecule has 0 heterocycles. The molecule has 0 unspecified atom stereocenters. The first-order valence-corrected chi connectivity index (χ1v) is 2.67. The molecule has 0 atom stereocenters. The summed E-state index contributed by atoms with van der Waals surface area (Å²) in [4.78, 5) is 0. The molecule has 10 heavy (non-hydrogen) atoms. The quantitative estimate of drug-likeness (QED) is 0.492. The van der Waals surface area contributed by atoms with Gasteiger partial charge in [0.25, 0.3) is 8.05 Å². The molecule has 0 spiro atoms. The molecule has 2 radical (unpaired) electrons. The van der Waals surface area contributed by atoms with Gasteiger partial charge in [0, 0.05) is 0 Å². The van der Waals surface area contributed by atoms with E-state index < -0.39 is 0 Å². The van der Waals surface area contributed by atoms with Crippen molar-refractivity contribution in [2.75, 3.05) is 0 Å². The molecule has 3 heteroatoms. The summed E-state index contributed by atoms with van der Waals surface area (Å²) in [5, 5.41) is 0. The predicted molar refractivity (Wildman–Crippen MR) is 36.7 cm³/mol. The van der Waals surface area contributed by atoms with Crippen molar-refractivity contribution in [3.63, 3.8) is 0 Å². The van der Waals surface area contributed by atoms with Crippen molar-refractivity contribution in [2.45, 2.75) is 0 Å². The molecule has 1 aromatic rings. The van der Waals surface area contributed by atoms with Crippen LogP contribution < -0.4 is 0 Å². The molecule has 0 amide bonds. The average molecular weight is 180 g/mol. The first kappa shape index (κ1) is 9.63. The van der Waals surface area contributed by atoms with Crippen LogP contribution in [0.2, 0.25) is 0 Å². The number of rotatable bonds is 2. The van der Waals surface area contributed by atoms with Gasteiger partial charge in [-0.1, -0.05) is 12.7 Å². The summed E-state index contributed by atoms with van der Waals surface area (Å²) < 4.78 is 4.30. The molecule has 0 saturated carbocycles. The predicted octanol–water partition coefficient (Wildman–Crippen LogP) is 1.29. The van der Waals surface area contributed by atoms with Crippen LogP contribution in [0.5, 0.6) is 0 Å². The molecule has 0 N–H and O–H groups in total. The van der Waals surface area contributed by atoms with Gasteiger partial charge in [-0.25, -0.2) is 0 Å². The van der Waals surface area contributed by atoms with E-state index in [-0.39, 0.29) is 17.1 Å². The second kappa shape index (κ2) is 5.42. The van der Waals surface area contributed by atoms with Crippen molar-refractivity contribution in [2.24, 2.45) is 0 Å². The van der Waals surface area contributed by atoms with Crippen molar-refractivity contribution in [3.05, 3.63) is 42.5 Å². The molecule has 1 nitrogen and oxygen atoms in total. The van der Waals surface area contributed by atoms with Gasteiger partial charge in [-0.2, -0.15) is 17.7 Å². The summed E-state index contributed by atoms with van der Waals surface area (Å²) in [5.74, 6) is 0. The largest absolute Gasteiger partial charge is 1.00 e. The monoisotopic (exact) mass is 180 g/mol. The smallest absolute Gasteiger partial charge is 0.478 e. The first-order valence-electron chi connectivity index (χ1n) is 2.67. The molecule has 0 aliphatic carbocycles. The van der Waals surface area contributed by atoms with Crippen molar-refractivity contribution >= 4 is 8.05 Å². The van der Waals surface area contributed by atoms with Crippen LogP contribution in [0.1, 0.15) is 5.56 Å². The van der Waals surface area contributed by atoms with E-state index in [2.05, 4.69) is 4.65 Å². The SMILES string of the molecule is [B]O[CH-]c1ccccc1.[Cu+]. The minimum atomic E-state index is 0. The zero-order valence-corrected chi connectivity index (χ0v) is 6.19. The van der Waals surface area contributed by atoms with Gasteiger partial charge >= 0.3 is 17.1 Å². The van der Waals surface area contributed by atoms with Crippen LogP contribution in [-0.2, 0) is 21.7 Å². The van der Waals surface area contributed by atoms with E-state index in [4.69, 9.17) is 8.05 Å². The second-order valence-electron chi connectivity index (χ2n) is 1.66. The Morgan fingerprint density at radius 1 is 1.20 bits per heavy atom. The first-order chi connectivity index (χ1) is 4.43. The third kappa shape index (κ3) is 2.97. The Bertz CT molecular complexity index is 167. The Kier molecular flexibility index (Phi) is 5.22. The molecule has 0 fully saturated rings. The van der Waals surface area contributed by atoms with Crippen LogP contribution in [0.25, 0.3) is 0 Å². The molecule has 54 valence electrons. The zero-order valence-electron chi connectivity index (χ0n) is 5.25. The molecule has 0 saturated heterocycles. The van der Waals surface area contributed by atoms with Crippen LogP contribution in [0.4, 0.5) is 0 Å². The maximum atomic E-state index is 4.80. The third-order valence-corrected chi connectivity index (χ3v) is 1.00. The van der Waals surface area contributed by atoms with Gasteiger partial charge in [0.2, 0.25) is 0 Å². The molecular weight excluding hydrogens is 174 g/mol. The van der Waals surface area contributed by atoms with Crippen molar-refractivity contribution in [1.82, 2.24) is 0 Å². The minimum Gasteiger partial charge on any atom is -0.478 e. The van der Waals surface area contributed by atoms with Crippen LogP contribution in [0, 0.1) is 6.61 Å². The van der Waals surface area contributed by atoms with Gasteiger partial charge in [-0.05, 0) is 0 Å². The van der Waals surface area contributed by atoms with Crippen LogP contribution >= 0.6 is 0 Å². The zero-order chi connectivity index (χ0) is 6.53. The maximum absolute atomic E-state index is 4.80. The normalized spacial score (nSPS) is 8.00. The van der Waals surface area contributed by atoms with E-state index in [1.807, 2.05) is 30.3 Å². The van der Waals surface area contributed by atoms with E-state index in [0.29, 0.717) is 0 Å². The van der Waals surface area contributed by atoms with Gasteiger partial charge < -0.3 is 4.65 Å². The standard InChI is InChI=1S/C7H6BO.Cu/c8-9-6-7-4-2-1-3-5-7;/h1-6H;/q-1;+1. The van der Waals surface area contributed by atoms with E-state index in [1.54, 1.807) is 0 Å². The summed E-state index contributed by atoms with van der Waals surface area (Å²) in [6.07, 6.45) is 0. The summed E-state index contributed by atoms with van der Waals surface area (Å²) in [7, 11) is 4.80. The van der Waals surface area contributed by atoms with E-state index in [0.717, 1.165) is 5.56 Å². The Balaban J connectivity index is 0.000000810. The number of hydrogen-bond donors (Lipinski definition) is 0. The molecule has 0 aliphatic heterocycles. The Labute approximate surface area is 72.7 Å². The van der Waals surface area contributed by atoms with Crippen LogP contribution in [-0.4, -0.2) is 8.05 Å². The summed E-state index contributed by atoms with van der Waals surface area (Å²) in [6.45, 7) is 1.49.